The summed E-state index contributed by atoms with van der Waals surface area (Å²) in [5, 5.41) is 2.69. The Kier molecular flexibility index (Phi) is 5.02. The SMILES string of the molecule is CC(C)CN1C(=O)c2ccc(NC(=O)COc3ccccc3)cc2C1=O. The number of carbonyl (C=O) groups is 3. The van der Waals surface area contributed by atoms with E-state index in [0.717, 1.165) is 0 Å². The number of rotatable bonds is 6. The molecule has 0 atom stereocenters. The van der Waals surface area contributed by atoms with Crippen molar-refractivity contribution >= 4 is 23.4 Å². The van der Waals surface area contributed by atoms with Gasteiger partial charge in [0.2, 0.25) is 0 Å². The van der Waals surface area contributed by atoms with Crippen molar-refractivity contribution in [1.29, 1.82) is 0 Å². The number of carbonyl (C=O) groups excluding carboxylic acids is 3. The van der Waals surface area contributed by atoms with Crippen LogP contribution in [0.4, 0.5) is 5.69 Å². The number of hydrogen-bond donors (Lipinski definition) is 1. The van der Waals surface area contributed by atoms with Crippen LogP contribution in [0.25, 0.3) is 0 Å². The molecule has 0 spiro atoms. The zero-order valence-electron chi connectivity index (χ0n) is 14.7. The van der Waals surface area contributed by atoms with Gasteiger partial charge in [-0.2, -0.15) is 0 Å². The Morgan fingerprint density at radius 1 is 1.04 bits per heavy atom. The first kappa shape index (κ1) is 17.7. The summed E-state index contributed by atoms with van der Waals surface area (Å²) in [6.07, 6.45) is 0. The van der Waals surface area contributed by atoms with E-state index in [9.17, 15) is 14.4 Å². The first-order valence-corrected chi connectivity index (χ1v) is 8.43. The molecule has 2 aromatic carbocycles. The van der Waals surface area contributed by atoms with E-state index in [0.29, 0.717) is 29.1 Å². The van der Waals surface area contributed by atoms with Gasteiger partial charge in [0.05, 0.1) is 11.1 Å². The molecule has 1 aliphatic heterocycles. The van der Waals surface area contributed by atoms with E-state index in [4.69, 9.17) is 4.74 Å². The van der Waals surface area contributed by atoms with Crippen LogP contribution >= 0.6 is 0 Å². The minimum Gasteiger partial charge on any atom is -0.484 e. The number of nitrogens with zero attached hydrogens (tertiary/aromatic N) is 1. The number of para-hydroxylation sites is 1. The van der Waals surface area contributed by atoms with Crippen LogP contribution < -0.4 is 10.1 Å². The molecule has 3 rings (SSSR count). The normalized spacial score (nSPS) is 13.1. The predicted molar refractivity (Wildman–Crippen MR) is 97.2 cm³/mol. The highest BCUT2D eigenvalue weighted by atomic mass is 16.5. The molecule has 6 heteroatoms. The second-order valence-corrected chi connectivity index (χ2v) is 6.53. The summed E-state index contributed by atoms with van der Waals surface area (Å²) in [6, 6.07) is 13.7. The Labute approximate surface area is 151 Å². The molecule has 1 N–H and O–H groups in total. The molecule has 0 radical (unpaired) electrons. The van der Waals surface area contributed by atoms with E-state index in [1.807, 2.05) is 32.0 Å². The fourth-order valence-electron chi connectivity index (χ4n) is 2.76. The molecule has 0 unspecified atom stereocenters. The number of hydrogen-bond acceptors (Lipinski definition) is 4. The van der Waals surface area contributed by atoms with Crippen molar-refractivity contribution < 1.29 is 19.1 Å². The maximum absolute atomic E-state index is 12.5. The molecule has 0 saturated heterocycles. The maximum Gasteiger partial charge on any atom is 0.262 e. The lowest BCUT2D eigenvalue weighted by molar-refractivity contribution is -0.118. The number of anilines is 1. The number of amides is 3. The number of imide groups is 1. The monoisotopic (exact) mass is 352 g/mol. The molecule has 1 aliphatic rings. The lowest BCUT2D eigenvalue weighted by Crippen LogP contribution is -2.33. The maximum atomic E-state index is 12.5. The highest BCUT2D eigenvalue weighted by molar-refractivity contribution is 6.21. The van der Waals surface area contributed by atoms with Gasteiger partial charge in [-0.05, 0) is 36.2 Å². The van der Waals surface area contributed by atoms with E-state index in [1.165, 1.54) is 11.0 Å². The van der Waals surface area contributed by atoms with Crippen molar-refractivity contribution in [2.24, 2.45) is 5.92 Å². The molecule has 134 valence electrons. The molecule has 0 saturated carbocycles. The summed E-state index contributed by atoms with van der Waals surface area (Å²) in [7, 11) is 0. The summed E-state index contributed by atoms with van der Waals surface area (Å²) < 4.78 is 5.39. The van der Waals surface area contributed by atoms with Crippen LogP contribution in [0.2, 0.25) is 0 Å². The first-order valence-electron chi connectivity index (χ1n) is 8.43. The summed E-state index contributed by atoms with van der Waals surface area (Å²) in [4.78, 5) is 38.1. The van der Waals surface area contributed by atoms with Crippen LogP contribution in [0.1, 0.15) is 34.6 Å². The highest BCUT2D eigenvalue weighted by Crippen LogP contribution is 2.26. The van der Waals surface area contributed by atoms with Crippen molar-refractivity contribution in [2.45, 2.75) is 13.8 Å². The fraction of sp³-hybridized carbons (Fsp3) is 0.250. The van der Waals surface area contributed by atoms with Crippen LogP contribution in [0.15, 0.2) is 48.5 Å². The molecule has 1 heterocycles. The quantitative estimate of drug-likeness (QED) is 0.811. The number of nitrogens with one attached hydrogen (secondary N) is 1. The third-order valence-electron chi connectivity index (χ3n) is 3.92. The van der Waals surface area contributed by atoms with E-state index < -0.39 is 0 Å². The number of ether oxygens (including phenoxy) is 1. The summed E-state index contributed by atoms with van der Waals surface area (Å²) in [5.74, 6) is -0.169. The number of benzene rings is 2. The minimum atomic E-state index is -0.343. The van der Waals surface area contributed by atoms with Crippen molar-refractivity contribution in [3.05, 3.63) is 59.7 Å². The molecule has 2 aromatic rings. The topological polar surface area (TPSA) is 75.7 Å². The standard InChI is InChI=1S/C20H20N2O4/c1-13(2)11-22-19(24)16-9-8-14(10-17(16)20(22)25)21-18(23)12-26-15-6-4-3-5-7-15/h3-10,13H,11-12H2,1-2H3,(H,21,23). The zero-order chi connectivity index (χ0) is 18.7. The molecule has 0 aromatic heterocycles. The van der Waals surface area contributed by atoms with Crippen molar-refractivity contribution in [2.75, 3.05) is 18.5 Å². The van der Waals surface area contributed by atoms with E-state index >= 15 is 0 Å². The van der Waals surface area contributed by atoms with Crippen LogP contribution in [-0.4, -0.2) is 35.8 Å². The van der Waals surface area contributed by atoms with Crippen LogP contribution in [0.5, 0.6) is 5.75 Å². The van der Waals surface area contributed by atoms with E-state index in [-0.39, 0.29) is 30.2 Å². The minimum absolute atomic E-state index is 0.145. The molecule has 3 amide bonds. The Bertz CT molecular complexity index is 846. The Morgan fingerprint density at radius 2 is 1.73 bits per heavy atom. The van der Waals surface area contributed by atoms with Gasteiger partial charge < -0.3 is 10.1 Å². The van der Waals surface area contributed by atoms with Crippen LogP contribution in [0, 0.1) is 5.92 Å². The van der Waals surface area contributed by atoms with E-state index in [1.54, 1.807) is 24.3 Å². The van der Waals surface area contributed by atoms with Crippen molar-refractivity contribution in [3.8, 4) is 5.75 Å². The van der Waals surface area contributed by atoms with Crippen LogP contribution in [-0.2, 0) is 4.79 Å². The third kappa shape index (κ3) is 3.74. The van der Waals surface area contributed by atoms with Gasteiger partial charge in [-0.3, -0.25) is 19.3 Å². The van der Waals surface area contributed by atoms with Crippen LogP contribution in [0.3, 0.4) is 0 Å². The Morgan fingerprint density at radius 3 is 2.42 bits per heavy atom. The summed E-state index contributed by atoms with van der Waals surface area (Å²) >= 11 is 0. The summed E-state index contributed by atoms with van der Waals surface area (Å²) in [6.45, 7) is 4.12. The predicted octanol–water partition coefficient (Wildman–Crippen LogP) is 2.96. The van der Waals surface area contributed by atoms with Gasteiger partial charge in [0.25, 0.3) is 17.7 Å². The zero-order valence-corrected chi connectivity index (χ0v) is 14.7. The first-order chi connectivity index (χ1) is 12.5. The lowest BCUT2D eigenvalue weighted by atomic mass is 10.1. The molecule has 0 aliphatic carbocycles. The van der Waals surface area contributed by atoms with Crippen molar-refractivity contribution in [3.63, 3.8) is 0 Å². The van der Waals surface area contributed by atoms with Gasteiger partial charge >= 0.3 is 0 Å². The number of fused-ring (bicyclic) bond motifs is 1. The third-order valence-corrected chi connectivity index (χ3v) is 3.92. The van der Waals surface area contributed by atoms with E-state index in [2.05, 4.69) is 5.32 Å². The second kappa shape index (κ2) is 7.39. The molecular weight excluding hydrogens is 332 g/mol. The lowest BCUT2D eigenvalue weighted by Gasteiger charge is -2.15. The average Bonchev–Trinajstić information content (AvgIpc) is 2.85. The fourth-order valence-corrected chi connectivity index (χ4v) is 2.76. The molecule has 0 bridgehead atoms. The van der Waals surface area contributed by atoms with Gasteiger partial charge in [0.1, 0.15) is 5.75 Å². The second-order valence-electron chi connectivity index (χ2n) is 6.53. The largest absolute Gasteiger partial charge is 0.484 e. The highest BCUT2D eigenvalue weighted by Gasteiger charge is 2.35. The van der Waals surface area contributed by atoms with Gasteiger partial charge in [0, 0.05) is 12.2 Å². The van der Waals surface area contributed by atoms with Crippen molar-refractivity contribution in [1.82, 2.24) is 4.90 Å². The van der Waals surface area contributed by atoms with Gasteiger partial charge in [-0.15, -0.1) is 0 Å². The Balaban J connectivity index is 1.66. The Hall–Kier alpha value is -3.15. The average molecular weight is 352 g/mol. The van der Waals surface area contributed by atoms with Gasteiger partial charge in [0.15, 0.2) is 6.61 Å². The molecule has 26 heavy (non-hydrogen) atoms. The molecule has 6 nitrogen and oxygen atoms in total. The molecule has 0 fully saturated rings. The smallest absolute Gasteiger partial charge is 0.262 e. The summed E-state index contributed by atoms with van der Waals surface area (Å²) in [5.41, 5.74) is 1.14. The van der Waals surface area contributed by atoms with Gasteiger partial charge in [-0.1, -0.05) is 32.0 Å². The van der Waals surface area contributed by atoms with Gasteiger partial charge in [-0.25, -0.2) is 0 Å². The molecular formula is C20H20N2O4.